The molecular formula is C8H20N4. The van der Waals surface area contributed by atoms with E-state index in [1.807, 2.05) is 0 Å². The van der Waals surface area contributed by atoms with Crippen LogP contribution in [0.1, 0.15) is 14.9 Å². The first kappa shape index (κ1) is 22.4. The van der Waals surface area contributed by atoms with E-state index in [1.165, 1.54) is 0 Å². The van der Waals surface area contributed by atoms with Gasteiger partial charge in [-0.3, -0.25) is 20.0 Å². The maximum absolute atomic E-state index is 3.38. The summed E-state index contributed by atoms with van der Waals surface area (Å²) < 4.78 is 0. The average molecular weight is 172 g/mol. The highest BCUT2D eigenvalue weighted by molar-refractivity contribution is 5.26. The average Bonchev–Trinajstić information content (AvgIpc) is 1.93. The van der Waals surface area contributed by atoms with Gasteiger partial charge in [-0.05, 0) is 26.9 Å². The van der Waals surface area contributed by atoms with E-state index in [0.717, 1.165) is 0 Å². The summed E-state index contributed by atoms with van der Waals surface area (Å²) in [5, 5.41) is 0. The lowest BCUT2D eigenvalue weighted by molar-refractivity contribution is 1.09. The topological polar surface area (TPSA) is 49.4 Å². The van der Waals surface area contributed by atoms with Crippen molar-refractivity contribution in [3.8, 4) is 0 Å². The highest BCUT2D eigenvalue weighted by Crippen LogP contribution is 1.58. The van der Waals surface area contributed by atoms with Crippen molar-refractivity contribution in [1.82, 2.24) is 0 Å². The van der Waals surface area contributed by atoms with E-state index in [4.69, 9.17) is 0 Å². The predicted octanol–water partition coefficient (Wildman–Crippen LogP) is 1.96. The first-order valence-electron chi connectivity index (χ1n) is 2.53. The lowest BCUT2D eigenvalue weighted by Gasteiger charge is -1.68. The van der Waals surface area contributed by atoms with Gasteiger partial charge in [-0.15, -0.1) is 0 Å². The molecule has 0 rings (SSSR count). The molecule has 4 nitrogen and oxygen atoms in total. The van der Waals surface area contributed by atoms with Crippen molar-refractivity contribution >= 4 is 26.9 Å². The number of hydrogen-bond donors (Lipinski definition) is 0. The van der Waals surface area contributed by atoms with Gasteiger partial charge >= 0.3 is 0 Å². The van der Waals surface area contributed by atoms with Crippen LogP contribution in [-0.4, -0.2) is 40.2 Å². The van der Waals surface area contributed by atoms with Gasteiger partial charge in [0.15, 0.2) is 0 Å². The molecule has 0 N–H and O–H groups in total. The molecule has 72 valence electrons. The Hall–Kier alpha value is -1.32. The Labute approximate surface area is 75.9 Å². The second-order valence-corrected chi connectivity index (χ2v) is 1.18. The Morgan fingerprint density at radius 1 is 0.583 bits per heavy atom. The SMILES string of the molecule is C.C.C=NCN=C.C=NCN=C. The summed E-state index contributed by atoms with van der Waals surface area (Å²) in [6.45, 7) is 13.5. The van der Waals surface area contributed by atoms with Gasteiger partial charge in [-0.2, -0.15) is 0 Å². The van der Waals surface area contributed by atoms with E-state index in [2.05, 4.69) is 46.8 Å². The van der Waals surface area contributed by atoms with Crippen molar-refractivity contribution in [3.63, 3.8) is 0 Å². The Morgan fingerprint density at radius 2 is 0.750 bits per heavy atom. The number of aliphatic imine (C=N–C) groups is 4. The van der Waals surface area contributed by atoms with E-state index in [-0.39, 0.29) is 14.9 Å². The molecule has 0 aromatic carbocycles. The zero-order valence-electron chi connectivity index (χ0n) is 6.03. The van der Waals surface area contributed by atoms with Crippen LogP contribution in [0.3, 0.4) is 0 Å². The highest BCUT2D eigenvalue weighted by atomic mass is 14.9. The molecule has 0 aromatic heterocycles. The zero-order chi connectivity index (χ0) is 8.24. The number of hydrogen-bond acceptors (Lipinski definition) is 4. The van der Waals surface area contributed by atoms with Crippen LogP contribution in [0.15, 0.2) is 20.0 Å². The maximum Gasteiger partial charge on any atom is 0.127 e. The first-order valence-corrected chi connectivity index (χ1v) is 2.53. The summed E-state index contributed by atoms with van der Waals surface area (Å²) in [5.41, 5.74) is 0. The smallest absolute Gasteiger partial charge is 0.127 e. The molecule has 0 unspecified atom stereocenters. The minimum Gasteiger partial charge on any atom is -0.278 e. The first-order chi connectivity index (χ1) is 4.83. The second kappa shape index (κ2) is 33.3. The maximum atomic E-state index is 3.38. The van der Waals surface area contributed by atoms with Gasteiger partial charge < -0.3 is 0 Å². The Bertz CT molecular complexity index is 83.6. The third kappa shape index (κ3) is 71.3. The quantitative estimate of drug-likeness (QED) is 0.582. The van der Waals surface area contributed by atoms with Gasteiger partial charge in [-0.25, -0.2) is 0 Å². The third-order valence-corrected chi connectivity index (χ3v) is 0.400. The van der Waals surface area contributed by atoms with E-state index in [0.29, 0.717) is 13.3 Å². The Kier molecular flexibility index (Phi) is 62.2. The van der Waals surface area contributed by atoms with Crippen LogP contribution in [0.25, 0.3) is 0 Å². The molecule has 12 heavy (non-hydrogen) atoms. The molecule has 0 aliphatic heterocycles. The molecule has 0 radical (unpaired) electrons. The monoisotopic (exact) mass is 172 g/mol. The Balaban J connectivity index is -0.0000000457. The summed E-state index contributed by atoms with van der Waals surface area (Å²) in [4.78, 5) is 13.5. The minimum absolute atomic E-state index is 0. The van der Waals surface area contributed by atoms with Crippen LogP contribution < -0.4 is 0 Å². The molecular weight excluding hydrogens is 152 g/mol. The molecule has 0 spiro atoms. The van der Waals surface area contributed by atoms with Crippen molar-refractivity contribution in [2.24, 2.45) is 20.0 Å². The zero-order valence-corrected chi connectivity index (χ0v) is 6.03. The molecule has 0 aliphatic carbocycles. The summed E-state index contributed by atoms with van der Waals surface area (Å²) in [6, 6.07) is 0. The van der Waals surface area contributed by atoms with Crippen LogP contribution in [0.2, 0.25) is 0 Å². The summed E-state index contributed by atoms with van der Waals surface area (Å²) >= 11 is 0. The molecule has 0 bridgehead atoms. The molecule has 0 aromatic rings. The highest BCUT2D eigenvalue weighted by Gasteiger charge is 1.51. The van der Waals surface area contributed by atoms with E-state index < -0.39 is 0 Å². The fraction of sp³-hybridized carbons (Fsp3) is 0.500. The number of rotatable bonds is 4. The van der Waals surface area contributed by atoms with Crippen LogP contribution >= 0.6 is 0 Å². The van der Waals surface area contributed by atoms with Crippen molar-refractivity contribution < 1.29 is 0 Å². The second-order valence-electron chi connectivity index (χ2n) is 1.18. The van der Waals surface area contributed by atoms with Crippen LogP contribution in [-0.2, 0) is 0 Å². The van der Waals surface area contributed by atoms with Gasteiger partial charge in [0.05, 0.1) is 0 Å². The van der Waals surface area contributed by atoms with Crippen molar-refractivity contribution in [1.29, 1.82) is 0 Å². The van der Waals surface area contributed by atoms with Gasteiger partial charge in [0.2, 0.25) is 0 Å². The normalized spacial score (nSPS) is 5.33. The standard InChI is InChI=1S/2C3H6N2.2CH4/c2*1-4-3-5-2;;/h2*1-3H2;2*1H4. The molecule has 0 atom stereocenters. The summed E-state index contributed by atoms with van der Waals surface area (Å²) in [7, 11) is 0. The van der Waals surface area contributed by atoms with Crippen molar-refractivity contribution in [2.45, 2.75) is 14.9 Å². The summed E-state index contributed by atoms with van der Waals surface area (Å²) in [5.74, 6) is 0. The molecule has 0 saturated carbocycles. The molecule has 0 saturated heterocycles. The molecule has 4 heteroatoms. The van der Waals surface area contributed by atoms with E-state index >= 15 is 0 Å². The van der Waals surface area contributed by atoms with Crippen LogP contribution in [0.5, 0.6) is 0 Å². The van der Waals surface area contributed by atoms with Crippen molar-refractivity contribution in [2.75, 3.05) is 13.3 Å². The van der Waals surface area contributed by atoms with Gasteiger partial charge in [0.25, 0.3) is 0 Å². The van der Waals surface area contributed by atoms with Crippen molar-refractivity contribution in [3.05, 3.63) is 0 Å². The number of nitrogens with zero attached hydrogens (tertiary/aromatic N) is 4. The largest absolute Gasteiger partial charge is 0.278 e. The molecule has 0 aliphatic rings. The van der Waals surface area contributed by atoms with Crippen LogP contribution in [0.4, 0.5) is 0 Å². The fourth-order valence-electron chi connectivity index (χ4n) is 0.141. The summed E-state index contributed by atoms with van der Waals surface area (Å²) in [6.07, 6.45) is 0. The third-order valence-electron chi connectivity index (χ3n) is 0.400. The lowest BCUT2D eigenvalue weighted by atomic mass is 11.1. The Morgan fingerprint density at radius 3 is 0.750 bits per heavy atom. The van der Waals surface area contributed by atoms with Gasteiger partial charge in [-0.1, -0.05) is 14.9 Å². The molecule has 0 amide bonds. The van der Waals surface area contributed by atoms with E-state index in [9.17, 15) is 0 Å². The van der Waals surface area contributed by atoms with Crippen LogP contribution in [0, 0.1) is 0 Å². The fourth-order valence-corrected chi connectivity index (χ4v) is 0.141. The molecule has 0 heterocycles. The minimum atomic E-state index is 0. The predicted molar refractivity (Wildman–Crippen MR) is 61.4 cm³/mol. The van der Waals surface area contributed by atoms with Gasteiger partial charge in [0.1, 0.15) is 13.3 Å². The molecule has 0 fully saturated rings. The lowest BCUT2D eigenvalue weighted by Crippen LogP contribution is -1.61. The van der Waals surface area contributed by atoms with Gasteiger partial charge in [0, 0.05) is 0 Å². The van der Waals surface area contributed by atoms with E-state index in [1.54, 1.807) is 0 Å².